The van der Waals surface area contributed by atoms with Crippen LogP contribution in [-0.2, 0) is 0 Å². The molecule has 0 unspecified atom stereocenters. The third-order valence-corrected chi connectivity index (χ3v) is 2.22. The average molecular weight is 177 g/mol. The van der Waals surface area contributed by atoms with Crippen LogP contribution in [0.15, 0.2) is 12.4 Å². The normalized spacial score (nSPS) is 16.2. The van der Waals surface area contributed by atoms with Gasteiger partial charge in [0.1, 0.15) is 17.8 Å². The van der Waals surface area contributed by atoms with E-state index in [2.05, 4.69) is 14.9 Å². The monoisotopic (exact) mass is 177 g/mol. The first kappa shape index (κ1) is 8.16. The van der Waals surface area contributed by atoms with Crippen LogP contribution in [0.1, 0.15) is 23.3 Å². The molecule has 2 rings (SSSR count). The highest BCUT2D eigenvalue weighted by atomic mass is 16.1. The van der Waals surface area contributed by atoms with Crippen molar-refractivity contribution >= 4 is 12.1 Å². The molecule has 1 saturated heterocycles. The van der Waals surface area contributed by atoms with E-state index >= 15 is 0 Å². The first-order valence-corrected chi connectivity index (χ1v) is 4.42. The summed E-state index contributed by atoms with van der Waals surface area (Å²) in [6.45, 7) is 2.07. The highest BCUT2D eigenvalue weighted by Crippen LogP contribution is 2.16. The van der Waals surface area contributed by atoms with Crippen molar-refractivity contribution in [2.75, 3.05) is 18.0 Å². The molecule has 4 heteroatoms. The van der Waals surface area contributed by atoms with E-state index in [1.54, 1.807) is 6.07 Å². The van der Waals surface area contributed by atoms with Gasteiger partial charge in [-0.25, -0.2) is 9.97 Å². The summed E-state index contributed by atoms with van der Waals surface area (Å²) in [5.74, 6) is 0.870. The second-order valence-corrected chi connectivity index (χ2v) is 3.11. The molecule has 4 nitrogen and oxygen atoms in total. The summed E-state index contributed by atoms with van der Waals surface area (Å²) in [5.41, 5.74) is 0.455. The van der Waals surface area contributed by atoms with Crippen molar-refractivity contribution in [3.05, 3.63) is 18.1 Å². The lowest BCUT2D eigenvalue weighted by atomic mass is 10.4. The fourth-order valence-corrected chi connectivity index (χ4v) is 1.55. The minimum absolute atomic E-state index is 0.455. The standard InChI is InChI=1S/C9H11N3O/c13-6-8-5-9(11-7-10-8)12-3-1-2-4-12/h5-7H,1-4H2. The highest BCUT2D eigenvalue weighted by molar-refractivity contribution is 5.73. The largest absolute Gasteiger partial charge is 0.357 e. The summed E-state index contributed by atoms with van der Waals surface area (Å²) >= 11 is 0. The van der Waals surface area contributed by atoms with Crippen LogP contribution in [0.4, 0.5) is 5.82 Å². The molecule has 0 aliphatic carbocycles. The molecule has 1 aromatic rings. The van der Waals surface area contributed by atoms with Crippen molar-refractivity contribution in [1.29, 1.82) is 0 Å². The van der Waals surface area contributed by atoms with E-state index in [1.165, 1.54) is 19.2 Å². The van der Waals surface area contributed by atoms with Gasteiger partial charge in [-0.3, -0.25) is 4.79 Å². The smallest absolute Gasteiger partial charge is 0.168 e. The Hall–Kier alpha value is -1.45. The Balaban J connectivity index is 2.23. The van der Waals surface area contributed by atoms with Crippen LogP contribution in [-0.4, -0.2) is 29.3 Å². The molecule has 0 aromatic carbocycles. The van der Waals surface area contributed by atoms with E-state index < -0.39 is 0 Å². The SMILES string of the molecule is O=Cc1cc(N2CCCC2)ncn1. The quantitative estimate of drug-likeness (QED) is 0.629. The van der Waals surface area contributed by atoms with Crippen molar-refractivity contribution in [2.24, 2.45) is 0 Å². The van der Waals surface area contributed by atoms with Crippen molar-refractivity contribution in [3.63, 3.8) is 0 Å². The maximum absolute atomic E-state index is 10.5. The van der Waals surface area contributed by atoms with Crippen LogP contribution in [0, 0.1) is 0 Å². The average Bonchev–Trinajstić information content (AvgIpc) is 2.71. The summed E-state index contributed by atoms with van der Waals surface area (Å²) in [6.07, 6.45) is 4.61. The second-order valence-electron chi connectivity index (χ2n) is 3.11. The third-order valence-electron chi connectivity index (χ3n) is 2.22. The maximum Gasteiger partial charge on any atom is 0.168 e. The number of nitrogens with zero attached hydrogens (tertiary/aromatic N) is 3. The molecule has 0 bridgehead atoms. The Morgan fingerprint density at radius 3 is 2.77 bits per heavy atom. The van der Waals surface area contributed by atoms with Gasteiger partial charge in [0.15, 0.2) is 6.29 Å². The Morgan fingerprint density at radius 1 is 1.31 bits per heavy atom. The summed E-state index contributed by atoms with van der Waals surface area (Å²) in [5, 5.41) is 0. The van der Waals surface area contributed by atoms with Gasteiger partial charge >= 0.3 is 0 Å². The van der Waals surface area contributed by atoms with Crippen molar-refractivity contribution in [3.8, 4) is 0 Å². The molecule has 1 fully saturated rings. The van der Waals surface area contributed by atoms with Gasteiger partial charge in [-0.1, -0.05) is 0 Å². The number of carbonyl (C=O) groups excluding carboxylic acids is 1. The van der Waals surface area contributed by atoms with E-state index in [0.717, 1.165) is 25.2 Å². The highest BCUT2D eigenvalue weighted by Gasteiger charge is 2.13. The van der Waals surface area contributed by atoms with Crippen LogP contribution in [0.5, 0.6) is 0 Å². The summed E-state index contributed by atoms with van der Waals surface area (Å²) in [7, 11) is 0. The minimum atomic E-state index is 0.455. The molecule has 2 heterocycles. The van der Waals surface area contributed by atoms with E-state index in [-0.39, 0.29) is 0 Å². The maximum atomic E-state index is 10.5. The Labute approximate surface area is 76.6 Å². The van der Waals surface area contributed by atoms with E-state index in [0.29, 0.717) is 5.69 Å². The predicted molar refractivity (Wildman–Crippen MR) is 48.9 cm³/mol. The zero-order valence-electron chi connectivity index (χ0n) is 7.31. The number of aldehydes is 1. The summed E-state index contributed by atoms with van der Waals surface area (Å²) < 4.78 is 0. The molecule has 0 saturated carbocycles. The summed E-state index contributed by atoms with van der Waals surface area (Å²) in [6, 6.07) is 1.73. The molecule has 0 radical (unpaired) electrons. The van der Waals surface area contributed by atoms with Crippen LogP contribution in [0.3, 0.4) is 0 Å². The zero-order chi connectivity index (χ0) is 9.10. The number of hydrogen-bond acceptors (Lipinski definition) is 4. The van der Waals surface area contributed by atoms with Crippen molar-refractivity contribution in [1.82, 2.24) is 9.97 Å². The molecule has 0 spiro atoms. The molecular weight excluding hydrogens is 166 g/mol. The lowest BCUT2D eigenvalue weighted by molar-refractivity contribution is 0.111. The number of aromatic nitrogens is 2. The predicted octanol–water partition coefficient (Wildman–Crippen LogP) is 0.889. The fourth-order valence-electron chi connectivity index (χ4n) is 1.55. The molecule has 1 aliphatic rings. The van der Waals surface area contributed by atoms with Gasteiger partial charge in [0.05, 0.1) is 0 Å². The second kappa shape index (κ2) is 3.51. The van der Waals surface area contributed by atoms with Gasteiger partial charge in [-0.2, -0.15) is 0 Å². The summed E-state index contributed by atoms with van der Waals surface area (Å²) in [4.78, 5) is 20.6. The molecule has 68 valence electrons. The van der Waals surface area contributed by atoms with Gasteiger partial charge in [0.2, 0.25) is 0 Å². The molecule has 0 N–H and O–H groups in total. The fraction of sp³-hybridized carbons (Fsp3) is 0.444. The van der Waals surface area contributed by atoms with Gasteiger partial charge in [-0.15, -0.1) is 0 Å². The van der Waals surface area contributed by atoms with Crippen LogP contribution in [0.25, 0.3) is 0 Å². The minimum Gasteiger partial charge on any atom is -0.357 e. The lowest BCUT2D eigenvalue weighted by Gasteiger charge is -2.15. The van der Waals surface area contributed by atoms with Crippen LogP contribution < -0.4 is 4.90 Å². The van der Waals surface area contributed by atoms with E-state index in [4.69, 9.17) is 0 Å². The van der Waals surface area contributed by atoms with E-state index in [1.807, 2.05) is 0 Å². The zero-order valence-corrected chi connectivity index (χ0v) is 7.31. The van der Waals surface area contributed by atoms with Gasteiger partial charge in [-0.05, 0) is 12.8 Å². The molecule has 1 aliphatic heterocycles. The first-order chi connectivity index (χ1) is 6.40. The molecule has 0 amide bonds. The molecule has 0 atom stereocenters. The Kier molecular flexibility index (Phi) is 2.21. The van der Waals surface area contributed by atoms with Gasteiger partial charge in [0, 0.05) is 19.2 Å². The third kappa shape index (κ3) is 1.66. The Morgan fingerprint density at radius 2 is 2.08 bits per heavy atom. The number of rotatable bonds is 2. The number of carbonyl (C=O) groups is 1. The molecular formula is C9H11N3O. The topological polar surface area (TPSA) is 46.1 Å². The first-order valence-electron chi connectivity index (χ1n) is 4.42. The molecule has 13 heavy (non-hydrogen) atoms. The van der Waals surface area contributed by atoms with Gasteiger partial charge in [0.25, 0.3) is 0 Å². The van der Waals surface area contributed by atoms with Crippen molar-refractivity contribution < 1.29 is 4.79 Å². The Bertz CT molecular complexity index is 307. The number of anilines is 1. The van der Waals surface area contributed by atoms with E-state index in [9.17, 15) is 4.79 Å². The van der Waals surface area contributed by atoms with Crippen LogP contribution in [0.2, 0.25) is 0 Å². The number of hydrogen-bond donors (Lipinski definition) is 0. The van der Waals surface area contributed by atoms with Crippen LogP contribution >= 0.6 is 0 Å². The van der Waals surface area contributed by atoms with Gasteiger partial charge < -0.3 is 4.90 Å². The molecule has 1 aromatic heterocycles. The van der Waals surface area contributed by atoms with Crippen molar-refractivity contribution in [2.45, 2.75) is 12.8 Å². The lowest BCUT2D eigenvalue weighted by Crippen LogP contribution is -2.19.